The van der Waals surface area contributed by atoms with Crippen LogP contribution in [0.3, 0.4) is 0 Å². The highest BCUT2D eigenvalue weighted by Gasteiger charge is 2.32. The molecule has 5 rings (SSSR count). The summed E-state index contributed by atoms with van der Waals surface area (Å²) in [6.45, 7) is 2.10. The van der Waals surface area contributed by atoms with Crippen molar-refractivity contribution in [3.63, 3.8) is 0 Å². The van der Waals surface area contributed by atoms with Crippen molar-refractivity contribution in [3.05, 3.63) is 87.7 Å². The van der Waals surface area contributed by atoms with E-state index in [9.17, 15) is 0 Å². The number of thiazole rings is 1. The van der Waals surface area contributed by atoms with E-state index in [1.54, 1.807) is 22.7 Å². The lowest BCUT2D eigenvalue weighted by Gasteiger charge is -2.20. The molecule has 1 aliphatic rings. The van der Waals surface area contributed by atoms with Crippen LogP contribution >= 0.6 is 22.7 Å². The first-order chi connectivity index (χ1) is 13.8. The predicted molar refractivity (Wildman–Crippen MR) is 117 cm³/mol. The number of hydrogen-bond acceptors (Lipinski definition) is 6. The second-order valence-corrected chi connectivity index (χ2v) is 8.54. The quantitative estimate of drug-likeness (QED) is 0.425. The molecule has 3 aromatic heterocycles. The van der Waals surface area contributed by atoms with Crippen molar-refractivity contribution < 1.29 is 0 Å². The summed E-state index contributed by atoms with van der Waals surface area (Å²) in [5, 5.41) is 12.1. The van der Waals surface area contributed by atoms with Crippen molar-refractivity contribution in [3.8, 4) is 11.3 Å². The van der Waals surface area contributed by atoms with E-state index in [1.807, 2.05) is 18.5 Å². The third-order valence-corrected chi connectivity index (χ3v) is 6.57. The molecular weight excluding hydrogens is 384 g/mol. The fourth-order valence-electron chi connectivity index (χ4n) is 3.34. The van der Waals surface area contributed by atoms with Gasteiger partial charge in [0, 0.05) is 29.8 Å². The first-order valence-electron chi connectivity index (χ1n) is 9.11. The van der Waals surface area contributed by atoms with Crippen LogP contribution in [0.15, 0.2) is 76.8 Å². The molecule has 28 heavy (non-hydrogen) atoms. The van der Waals surface area contributed by atoms with E-state index in [2.05, 4.69) is 70.1 Å². The number of aryl methyl sites for hydroxylation is 1. The van der Waals surface area contributed by atoms with Crippen LogP contribution < -0.4 is 5.01 Å². The Labute approximate surface area is 171 Å². The lowest BCUT2D eigenvalue weighted by atomic mass is 10.0. The number of benzene rings is 1. The smallest absolute Gasteiger partial charge is 0.207 e. The molecular formula is C22H18N4S2. The van der Waals surface area contributed by atoms with Gasteiger partial charge in [0.05, 0.1) is 22.3 Å². The fraction of sp³-hybridized carbons (Fsp3) is 0.136. The van der Waals surface area contributed by atoms with Gasteiger partial charge < -0.3 is 0 Å². The highest BCUT2D eigenvalue weighted by atomic mass is 32.1. The normalized spacial score (nSPS) is 16.4. The molecule has 1 aliphatic heterocycles. The predicted octanol–water partition coefficient (Wildman–Crippen LogP) is 5.93. The Balaban J connectivity index is 1.52. The minimum absolute atomic E-state index is 0.114. The minimum atomic E-state index is 0.114. The lowest BCUT2D eigenvalue weighted by Crippen LogP contribution is -2.18. The van der Waals surface area contributed by atoms with E-state index in [1.165, 1.54) is 10.4 Å². The zero-order valence-electron chi connectivity index (χ0n) is 15.3. The monoisotopic (exact) mass is 402 g/mol. The van der Waals surface area contributed by atoms with Crippen LogP contribution in [0.5, 0.6) is 0 Å². The number of hydrogen-bond donors (Lipinski definition) is 0. The maximum Gasteiger partial charge on any atom is 0.207 e. The minimum Gasteiger partial charge on any atom is -0.264 e. The Kier molecular flexibility index (Phi) is 4.50. The Hall–Kier alpha value is -2.83. The molecule has 0 spiro atoms. The summed E-state index contributed by atoms with van der Waals surface area (Å²) in [6.07, 6.45) is 4.59. The topological polar surface area (TPSA) is 41.4 Å². The summed E-state index contributed by atoms with van der Waals surface area (Å²) >= 11 is 3.36. The van der Waals surface area contributed by atoms with Crippen LogP contribution in [0.25, 0.3) is 11.3 Å². The molecule has 0 amide bonds. The van der Waals surface area contributed by atoms with E-state index < -0.39 is 0 Å². The Morgan fingerprint density at radius 3 is 2.68 bits per heavy atom. The number of pyridine rings is 1. The van der Waals surface area contributed by atoms with Crippen LogP contribution in [0.4, 0.5) is 5.13 Å². The van der Waals surface area contributed by atoms with Crippen LogP contribution in [-0.4, -0.2) is 15.7 Å². The van der Waals surface area contributed by atoms with Gasteiger partial charge in [0.25, 0.3) is 0 Å². The summed E-state index contributed by atoms with van der Waals surface area (Å²) in [6, 6.07) is 16.9. The zero-order chi connectivity index (χ0) is 18.9. The summed E-state index contributed by atoms with van der Waals surface area (Å²) in [5.41, 5.74) is 5.64. The Morgan fingerprint density at radius 2 is 1.93 bits per heavy atom. The van der Waals surface area contributed by atoms with E-state index >= 15 is 0 Å². The van der Waals surface area contributed by atoms with Crippen molar-refractivity contribution in [1.29, 1.82) is 0 Å². The molecule has 4 aromatic rings. The number of rotatable bonds is 4. The number of anilines is 1. The molecule has 4 heterocycles. The SMILES string of the molecule is Cc1ccc(-c2csc(N3N=C(c4cccs4)C[C@@H]3c3cccnc3)n2)cc1. The van der Waals surface area contributed by atoms with Gasteiger partial charge in [-0.3, -0.25) is 4.98 Å². The van der Waals surface area contributed by atoms with Crippen LogP contribution in [0, 0.1) is 6.92 Å². The Morgan fingerprint density at radius 1 is 1.04 bits per heavy atom. The van der Waals surface area contributed by atoms with Crippen molar-refractivity contribution in [2.45, 2.75) is 19.4 Å². The second-order valence-electron chi connectivity index (χ2n) is 6.76. The molecule has 6 heteroatoms. The van der Waals surface area contributed by atoms with Gasteiger partial charge in [0.15, 0.2) is 0 Å². The molecule has 0 bridgehead atoms. The van der Waals surface area contributed by atoms with Gasteiger partial charge in [0.2, 0.25) is 5.13 Å². The van der Waals surface area contributed by atoms with Crippen LogP contribution in [-0.2, 0) is 0 Å². The number of thiophene rings is 1. The van der Waals surface area contributed by atoms with E-state index in [-0.39, 0.29) is 6.04 Å². The molecule has 0 unspecified atom stereocenters. The van der Waals surface area contributed by atoms with Gasteiger partial charge in [-0.25, -0.2) is 9.99 Å². The van der Waals surface area contributed by atoms with Crippen molar-refractivity contribution in [2.75, 3.05) is 5.01 Å². The summed E-state index contributed by atoms with van der Waals surface area (Å²) < 4.78 is 0. The average Bonchev–Trinajstić information content (AvgIpc) is 3.48. The number of nitrogens with zero attached hydrogens (tertiary/aromatic N) is 4. The first kappa shape index (κ1) is 17.3. The fourth-order valence-corrected chi connectivity index (χ4v) is 4.89. The molecule has 0 aliphatic carbocycles. The third-order valence-electron chi connectivity index (χ3n) is 4.82. The molecule has 1 aromatic carbocycles. The average molecular weight is 403 g/mol. The van der Waals surface area contributed by atoms with E-state index in [0.29, 0.717) is 0 Å². The molecule has 4 nitrogen and oxygen atoms in total. The van der Waals surface area contributed by atoms with Crippen molar-refractivity contribution in [2.24, 2.45) is 5.10 Å². The van der Waals surface area contributed by atoms with Crippen molar-refractivity contribution >= 4 is 33.5 Å². The molecule has 0 radical (unpaired) electrons. The van der Waals surface area contributed by atoms with Gasteiger partial charge in [-0.1, -0.05) is 42.0 Å². The highest BCUT2D eigenvalue weighted by molar-refractivity contribution is 7.14. The van der Waals surface area contributed by atoms with Gasteiger partial charge in [-0.15, -0.1) is 22.7 Å². The largest absolute Gasteiger partial charge is 0.264 e. The van der Waals surface area contributed by atoms with Gasteiger partial charge in [-0.2, -0.15) is 5.10 Å². The zero-order valence-corrected chi connectivity index (χ0v) is 17.0. The maximum absolute atomic E-state index is 4.96. The van der Waals surface area contributed by atoms with E-state index in [0.717, 1.165) is 34.1 Å². The lowest BCUT2D eigenvalue weighted by molar-refractivity contribution is 0.703. The highest BCUT2D eigenvalue weighted by Crippen LogP contribution is 2.39. The summed E-state index contributed by atoms with van der Waals surface area (Å²) in [7, 11) is 0. The third kappa shape index (κ3) is 3.25. The number of hydrazone groups is 1. The molecule has 138 valence electrons. The summed E-state index contributed by atoms with van der Waals surface area (Å²) in [4.78, 5) is 10.4. The van der Waals surface area contributed by atoms with Crippen LogP contribution in [0.1, 0.15) is 28.5 Å². The maximum atomic E-state index is 4.96. The van der Waals surface area contributed by atoms with Gasteiger partial charge in [-0.05, 0) is 30.0 Å². The second kappa shape index (κ2) is 7.30. The Bertz CT molecular complexity index is 1100. The number of aromatic nitrogens is 2. The first-order valence-corrected chi connectivity index (χ1v) is 10.9. The van der Waals surface area contributed by atoms with Crippen molar-refractivity contribution in [1.82, 2.24) is 9.97 Å². The van der Waals surface area contributed by atoms with E-state index in [4.69, 9.17) is 10.1 Å². The standard InChI is InChI=1S/C22H18N4S2/c1-15-6-8-16(9-7-15)19-14-28-22(24-19)26-20(17-4-2-10-23-13-17)12-18(25-26)21-5-3-11-27-21/h2-11,13-14,20H,12H2,1H3/t20-/m1/s1. The summed E-state index contributed by atoms with van der Waals surface area (Å²) in [5.74, 6) is 0. The van der Waals surface area contributed by atoms with Gasteiger partial charge in [0.1, 0.15) is 0 Å². The molecule has 0 fully saturated rings. The molecule has 0 saturated heterocycles. The molecule has 1 atom stereocenters. The van der Waals surface area contributed by atoms with Gasteiger partial charge >= 0.3 is 0 Å². The molecule has 0 N–H and O–H groups in total. The van der Waals surface area contributed by atoms with Crippen LogP contribution in [0.2, 0.25) is 0 Å². The molecule has 0 saturated carbocycles.